The van der Waals surface area contributed by atoms with Crippen LogP contribution in [0, 0.1) is 0 Å². The van der Waals surface area contributed by atoms with Crippen LogP contribution in [0.15, 0.2) is 42.7 Å². The van der Waals surface area contributed by atoms with Crippen molar-refractivity contribution in [2.24, 2.45) is 5.73 Å². The predicted octanol–water partition coefficient (Wildman–Crippen LogP) is 0.895. The molecule has 0 saturated heterocycles. The second-order valence-corrected chi connectivity index (χ2v) is 4.53. The lowest BCUT2D eigenvalue weighted by atomic mass is 10.1. The minimum absolute atomic E-state index is 0.138. The van der Waals surface area contributed by atoms with Gasteiger partial charge in [-0.1, -0.05) is 24.3 Å². The molecule has 0 fully saturated rings. The molecule has 3 N–H and O–H groups in total. The van der Waals surface area contributed by atoms with Gasteiger partial charge >= 0.3 is 0 Å². The third-order valence-corrected chi connectivity index (χ3v) is 2.81. The quantitative estimate of drug-likeness (QED) is 0.836. The Bertz CT molecular complexity index is 517. The first-order valence-electron chi connectivity index (χ1n) is 6.23. The molecule has 0 unspecified atom stereocenters. The summed E-state index contributed by atoms with van der Waals surface area (Å²) in [7, 11) is 0. The first-order chi connectivity index (χ1) is 9.15. The summed E-state index contributed by atoms with van der Waals surface area (Å²) >= 11 is 0. The smallest absolute Gasteiger partial charge is 0.236 e. The number of nitrogens with zero attached hydrogens (tertiary/aromatic N) is 2. The molecule has 0 aliphatic carbocycles. The highest BCUT2D eigenvalue weighted by Crippen LogP contribution is 2.06. The number of rotatable bonds is 5. The standard InChI is InChI=1S/C14H18N4O/c1-11(15)14(19)16-9-12-3-5-13(6-4-12)10-18-8-2-7-17-18/h2-8,11H,9-10,15H2,1H3,(H,16,19)/t11-/m1/s1. The van der Waals surface area contributed by atoms with Crippen LogP contribution < -0.4 is 11.1 Å². The van der Waals surface area contributed by atoms with Crippen LogP contribution in [0.1, 0.15) is 18.1 Å². The van der Waals surface area contributed by atoms with Crippen molar-refractivity contribution in [1.82, 2.24) is 15.1 Å². The van der Waals surface area contributed by atoms with Crippen LogP contribution in [0.25, 0.3) is 0 Å². The highest BCUT2D eigenvalue weighted by molar-refractivity contribution is 5.80. The van der Waals surface area contributed by atoms with E-state index in [2.05, 4.69) is 10.4 Å². The monoisotopic (exact) mass is 258 g/mol. The van der Waals surface area contributed by atoms with Gasteiger partial charge in [0.25, 0.3) is 0 Å². The van der Waals surface area contributed by atoms with Crippen molar-refractivity contribution < 1.29 is 4.79 Å². The Morgan fingerprint density at radius 1 is 1.37 bits per heavy atom. The molecule has 5 nitrogen and oxygen atoms in total. The Labute approximate surface area is 112 Å². The summed E-state index contributed by atoms with van der Waals surface area (Å²) in [5.41, 5.74) is 7.70. The Hall–Kier alpha value is -2.14. The molecule has 0 radical (unpaired) electrons. The van der Waals surface area contributed by atoms with Crippen molar-refractivity contribution in [1.29, 1.82) is 0 Å². The van der Waals surface area contributed by atoms with Crippen molar-refractivity contribution in [2.75, 3.05) is 0 Å². The van der Waals surface area contributed by atoms with Gasteiger partial charge < -0.3 is 11.1 Å². The van der Waals surface area contributed by atoms with Crippen LogP contribution >= 0.6 is 0 Å². The van der Waals surface area contributed by atoms with Crippen LogP contribution in [0.3, 0.4) is 0 Å². The summed E-state index contributed by atoms with van der Waals surface area (Å²) in [5, 5.41) is 6.94. The first kappa shape index (κ1) is 13.3. The maximum atomic E-state index is 11.3. The molecule has 1 atom stereocenters. The van der Waals surface area contributed by atoms with Gasteiger partial charge in [-0.05, 0) is 24.1 Å². The lowest BCUT2D eigenvalue weighted by Crippen LogP contribution is -2.37. The lowest BCUT2D eigenvalue weighted by molar-refractivity contribution is -0.122. The minimum Gasteiger partial charge on any atom is -0.351 e. The van der Waals surface area contributed by atoms with Gasteiger partial charge in [0, 0.05) is 18.9 Å². The van der Waals surface area contributed by atoms with Crippen molar-refractivity contribution in [3.8, 4) is 0 Å². The molecular weight excluding hydrogens is 240 g/mol. The normalized spacial score (nSPS) is 12.1. The molecule has 0 saturated carbocycles. The van der Waals surface area contributed by atoms with Crippen molar-refractivity contribution in [3.05, 3.63) is 53.9 Å². The van der Waals surface area contributed by atoms with Gasteiger partial charge in [0.1, 0.15) is 0 Å². The van der Waals surface area contributed by atoms with Gasteiger partial charge in [0.05, 0.1) is 12.6 Å². The summed E-state index contributed by atoms with van der Waals surface area (Å²) in [4.78, 5) is 11.3. The van der Waals surface area contributed by atoms with Crippen molar-refractivity contribution >= 4 is 5.91 Å². The molecule has 1 aromatic carbocycles. The summed E-state index contributed by atoms with van der Waals surface area (Å²) in [6, 6.07) is 9.50. The topological polar surface area (TPSA) is 72.9 Å². The van der Waals surface area contributed by atoms with Crippen molar-refractivity contribution in [3.63, 3.8) is 0 Å². The largest absolute Gasteiger partial charge is 0.351 e. The zero-order chi connectivity index (χ0) is 13.7. The molecule has 2 aromatic rings. The Morgan fingerprint density at radius 2 is 2.05 bits per heavy atom. The number of hydrogen-bond donors (Lipinski definition) is 2. The van der Waals surface area contributed by atoms with Gasteiger partial charge in [-0.15, -0.1) is 0 Å². The maximum absolute atomic E-state index is 11.3. The SMILES string of the molecule is C[C@@H](N)C(=O)NCc1ccc(Cn2cccn2)cc1. The van der Waals surface area contributed by atoms with E-state index in [1.54, 1.807) is 13.1 Å². The molecule has 19 heavy (non-hydrogen) atoms. The number of aromatic nitrogens is 2. The molecule has 2 rings (SSSR count). The molecule has 0 spiro atoms. The van der Waals surface area contributed by atoms with Gasteiger partial charge in [-0.3, -0.25) is 9.48 Å². The van der Waals surface area contributed by atoms with Crippen molar-refractivity contribution in [2.45, 2.75) is 26.1 Å². The third kappa shape index (κ3) is 3.93. The summed E-state index contributed by atoms with van der Waals surface area (Å²) in [5.74, 6) is -0.138. The summed E-state index contributed by atoms with van der Waals surface area (Å²) < 4.78 is 1.87. The highest BCUT2D eigenvalue weighted by atomic mass is 16.2. The summed E-state index contributed by atoms with van der Waals surface area (Å²) in [6.45, 7) is 2.92. The average molecular weight is 258 g/mol. The van der Waals surface area contributed by atoms with Gasteiger partial charge in [-0.2, -0.15) is 5.10 Å². The number of carbonyl (C=O) groups excluding carboxylic acids is 1. The number of benzene rings is 1. The van der Waals surface area contributed by atoms with Crippen LogP contribution in [-0.2, 0) is 17.9 Å². The summed E-state index contributed by atoms with van der Waals surface area (Å²) in [6.07, 6.45) is 3.69. The molecule has 1 amide bonds. The van der Waals surface area contributed by atoms with Gasteiger partial charge in [-0.25, -0.2) is 0 Å². The second kappa shape index (κ2) is 6.15. The van der Waals surface area contributed by atoms with Crippen LogP contribution in [0.2, 0.25) is 0 Å². The fourth-order valence-electron chi connectivity index (χ4n) is 1.69. The van der Waals surface area contributed by atoms with E-state index in [1.807, 2.05) is 41.2 Å². The average Bonchev–Trinajstić information content (AvgIpc) is 2.90. The number of carbonyl (C=O) groups is 1. The second-order valence-electron chi connectivity index (χ2n) is 4.53. The fraction of sp³-hybridized carbons (Fsp3) is 0.286. The number of nitrogens with two attached hydrogens (primary N) is 1. The fourth-order valence-corrected chi connectivity index (χ4v) is 1.69. The molecule has 1 aromatic heterocycles. The Kier molecular flexibility index (Phi) is 4.30. The van der Waals surface area contributed by atoms with Gasteiger partial charge in [0.15, 0.2) is 0 Å². The van der Waals surface area contributed by atoms with Crippen LogP contribution in [0.5, 0.6) is 0 Å². The number of hydrogen-bond acceptors (Lipinski definition) is 3. The van der Waals surface area contributed by atoms with E-state index in [-0.39, 0.29) is 5.91 Å². The third-order valence-electron chi connectivity index (χ3n) is 2.81. The molecule has 5 heteroatoms. The van der Waals surface area contributed by atoms with E-state index in [9.17, 15) is 4.79 Å². The number of nitrogens with one attached hydrogen (secondary N) is 1. The Balaban J connectivity index is 1.89. The van der Waals surface area contributed by atoms with E-state index >= 15 is 0 Å². The Morgan fingerprint density at radius 3 is 2.63 bits per heavy atom. The number of amides is 1. The first-order valence-corrected chi connectivity index (χ1v) is 6.23. The maximum Gasteiger partial charge on any atom is 0.236 e. The molecule has 1 heterocycles. The van der Waals surface area contributed by atoms with Crippen LogP contribution in [-0.4, -0.2) is 21.7 Å². The minimum atomic E-state index is -0.473. The molecule has 0 aliphatic rings. The van der Waals surface area contributed by atoms with E-state index < -0.39 is 6.04 Å². The van der Waals surface area contributed by atoms with E-state index in [4.69, 9.17) is 5.73 Å². The van der Waals surface area contributed by atoms with E-state index in [0.29, 0.717) is 6.54 Å². The molecule has 0 bridgehead atoms. The zero-order valence-electron chi connectivity index (χ0n) is 10.9. The molecule has 100 valence electrons. The predicted molar refractivity (Wildman–Crippen MR) is 73.3 cm³/mol. The van der Waals surface area contributed by atoms with E-state index in [1.165, 1.54) is 5.56 Å². The molecule has 0 aliphatic heterocycles. The molecular formula is C14H18N4O. The highest BCUT2D eigenvalue weighted by Gasteiger charge is 2.06. The van der Waals surface area contributed by atoms with Gasteiger partial charge in [0.2, 0.25) is 5.91 Å². The van der Waals surface area contributed by atoms with E-state index in [0.717, 1.165) is 12.1 Å². The lowest BCUT2D eigenvalue weighted by Gasteiger charge is -2.08. The zero-order valence-corrected chi connectivity index (χ0v) is 10.9. The van der Waals surface area contributed by atoms with Crippen LogP contribution in [0.4, 0.5) is 0 Å².